The van der Waals surface area contributed by atoms with Crippen LogP contribution in [0.25, 0.3) is 11.4 Å². The average Bonchev–Trinajstić information content (AvgIpc) is 3.05. The minimum Gasteiger partial charge on any atom is -0.376 e. The summed E-state index contributed by atoms with van der Waals surface area (Å²) in [7, 11) is -3.48. The van der Waals surface area contributed by atoms with Crippen LogP contribution in [0.15, 0.2) is 57.9 Å². The highest BCUT2D eigenvalue weighted by Gasteiger charge is 2.25. The topological polar surface area (TPSA) is 88.3 Å². The van der Waals surface area contributed by atoms with Crippen molar-refractivity contribution in [3.8, 4) is 11.4 Å². The van der Waals surface area contributed by atoms with Crippen molar-refractivity contribution >= 4 is 15.7 Å². The van der Waals surface area contributed by atoms with Gasteiger partial charge < -0.3 is 9.84 Å². The Labute approximate surface area is 177 Å². The zero-order valence-corrected chi connectivity index (χ0v) is 17.9. The number of benzene rings is 2. The summed E-state index contributed by atoms with van der Waals surface area (Å²) in [6.45, 7) is 3.50. The van der Waals surface area contributed by atoms with Crippen molar-refractivity contribution in [3.63, 3.8) is 0 Å². The lowest BCUT2D eigenvalue weighted by Crippen LogP contribution is -2.31. The molecule has 1 saturated heterocycles. The van der Waals surface area contributed by atoms with Gasteiger partial charge in [-0.1, -0.05) is 47.8 Å². The molecular formula is C22H26N4O3S. The molecule has 1 fully saturated rings. The molecule has 0 unspecified atom stereocenters. The van der Waals surface area contributed by atoms with E-state index in [1.807, 2.05) is 37.3 Å². The molecule has 1 N–H and O–H groups in total. The van der Waals surface area contributed by atoms with E-state index >= 15 is 0 Å². The van der Waals surface area contributed by atoms with Crippen LogP contribution in [0.2, 0.25) is 0 Å². The van der Waals surface area contributed by atoms with Gasteiger partial charge in [-0.15, -0.1) is 0 Å². The van der Waals surface area contributed by atoms with Gasteiger partial charge in [0, 0.05) is 24.3 Å². The fourth-order valence-corrected chi connectivity index (χ4v) is 5.17. The maximum atomic E-state index is 13.0. The van der Waals surface area contributed by atoms with Gasteiger partial charge >= 0.3 is 0 Å². The van der Waals surface area contributed by atoms with Gasteiger partial charge in [-0.05, 0) is 44.0 Å². The van der Waals surface area contributed by atoms with Crippen molar-refractivity contribution < 1.29 is 12.9 Å². The van der Waals surface area contributed by atoms with Gasteiger partial charge in [0.1, 0.15) is 0 Å². The van der Waals surface area contributed by atoms with Crippen LogP contribution in [0.5, 0.6) is 0 Å². The lowest BCUT2D eigenvalue weighted by atomic mass is 10.1. The molecule has 0 spiro atoms. The number of aryl methyl sites for hydroxylation is 1. The molecule has 0 amide bonds. The third-order valence-corrected chi connectivity index (χ3v) is 7.12. The summed E-state index contributed by atoms with van der Waals surface area (Å²) in [5.41, 5.74) is 2.72. The molecule has 1 aromatic heterocycles. The van der Waals surface area contributed by atoms with E-state index in [1.165, 1.54) is 0 Å². The van der Waals surface area contributed by atoms with Crippen LogP contribution in [0.4, 0.5) is 5.69 Å². The quantitative estimate of drug-likeness (QED) is 0.635. The molecule has 30 heavy (non-hydrogen) atoms. The number of sulfonamides is 1. The molecule has 0 aliphatic carbocycles. The minimum absolute atomic E-state index is 0.306. The summed E-state index contributed by atoms with van der Waals surface area (Å²) in [4.78, 5) is 4.73. The molecule has 1 aliphatic heterocycles. The number of hydrogen-bond donors (Lipinski definition) is 1. The standard InChI is InChI=1S/C22H26N4O3S/c1-17-8-6-9-18(14-17)22-24-21(29-25-22)16-23-19-10-7-11-20(15-19)30(27,28)26-12-4-2-3-5-13-26/h6-11,14-15,23H,2-5,12-13,16H2,1H3. The zero-order valence-electron chi connectivity index (χ0n) is 17.0. The summed E-state index contributed by atoms with van der Waals surface area (Å²) < 4.78 is 33.0. The Kier molecular flexibility index (Phi) is 6.15. The Morgan fingerprint density at radius 2 is 1.80 bits per heavy atom. The minimum atomic E-state index is -3.48. The Morgan fingerprint density at radius 3 is 2.57 bits per heavy atom. The number of nitrogens with zero attached hydrogens (tertiary/aromatic N) is 3. The van der Waals surface area contributed by atoms with Crippen LogP contribution < -0.4 is 5.32 Å². The fourth-order valence-electron chi connectivity index (χ4n) is 3.60. The molecule has 0 bridgehead atoms. The Bertz CT molecular complexity index is 1100. The smallest absolute Gasteiger partial charge is 0.246 e. The highest BCUT2D eigenvalue weighted by atomic mass is 32.2. The van der Waals surface area contributed by atoms with E-state index in [4.69, 9.17) is 4.52 Å². The van der Waals surface area contributed by atoms with Crippen molar-refractivity contribution in [2.24, 2.45) is 0 Å². The second-order valence-electron chi connectivity index (χ2n) is 7.58. The van der Waals surface area contributed by atoms with Crippen molar-refractivity contribution in [1.82, 2.24) is 14.4 Å². The lowest BCUT2D eigenvalue weighted by Gasteiger charge is -2.20. The first kappa shape index (κ1) is 20.6. The number of aromatic nitrogens is 2. The molecule has 2 aromatic carbocycles. The molecule has 2 heterocycles. The van der Waals surface area contributed by atoms with Gasteiger partial charge in [-0.2, -0.15) is 9.29 Å². The first-order chi connectivity index (χ1) is 14.5. The Hall–Kier alpha value is -2.71. The van der Waals surface area contributed by atoms with Crippen molar-refractivity contribution in [1.29, 1.82) is 0 Å². The van der Waals surface area contributed by atoms with Gasteiger partial charge in [0.2, 0.25) is 21.7 Å². The second-order valence-corrected chi connectivity index (χ2v) is 9.52. The van der Waals surface area contributed by atoms with Gasteiger partial charge in [-0.25, -0.2) is 8.42 Å². The van der Waals surface area contributed by atoms with E-state index < -0.39 is 10.0 Å². The van der Waals surface area contributed by atoms with Gasteiger partial charge in [0.15, 0.2) is 0 Å². The van der Waals surface area contributed by atoms with Gasteiger partial charge in [0.25, 0.3) is 0 Å². The van der Waals surface area contributed by atoms with Gasteiger partial charge in [-0.3, -0.25) is 0 Å². The normalized spacial score (nSPS) is 15.6. The number of anilines is 1. The molecule has 4 rings (SSSR count). The highest BCUT2D eigenvalue weighted by molar-refractivity contribution is 7.89. The number of rotatable bonds is 6. The number of nitrogens with one attached hydrogen (secondary N) is 1. The van der Waals surface area contributed by atoms with Crippen LogP contribution in [0.1, 0.15) is 37.1 Å². The molecule has 8 heteroatoms. The van der Waals surface area contributed by atoms with Gasteiger partial charge in [0.05, 0.1) is 11.4 Å². The molecule has 3 aromatic rings. The predicted molar refractivity (Wildman–Crippen MR) is 115 cm³/mol. The predicted octanol–water partition coefficient (Wildman–Crippen LogP) is 4.22. The lowest BCUT2D eigenvalue weighted by molar-refractivity contribution is 0.384. The fraction of sp³-hybridized carbons (Fsp3) is 0.364. The largest absolute Gasteiger partial charge is 0.376 e. The average molecular weight is 427 g/mol. The molecule has 7 nitrogen and oxygen atoms in total. The SMILES string of the molecule is Cc1cccc(-c2noc(CNc3cccc(S(=O)(=O)N4CCCCCC4)c3)n2)c1. The molecule has 0 radical (unpaired) electrons. The van der Waals surface area contributed by atoms with E-state index in [0.717, 1.165) is 36.8 Å². The summed E-state index contributed by atoms with van der Waals surface area (Å²) in [6.07, 6.45) is 4.00. The molecule has 0 atom stereocenters. The maximum absolute atomic E-state index is 13.0. The van der Waals surface area contributed by atoms with Crippen molar-refractivity contribution in [2.45, 2.75) is 44.0 Å². The Morgan fingerprint density at radius 1 is 1.03 bits per heavy atom. The van der Waals surface area contributed by atoms with E-state index in [9.17, 15) is 8.42 Å². The van der Waals surface area contributed by atoms with Crippen molar-refractivity contribution in [2.75, 3.05) is 18.4 Å². The van der Waals surface area contributed by atoms with Crippen LogP contribution in [-0.2, 0) is 16.6 Å². The third-order valence-electron chi connectivity index (χ3n) is 5.22. The summed E-state index contributed by atoms with van der Waals surface area (Å²) in [5, 5.41) is 7.22. The second kappa shape index (κ2) is 8.97. The van der Waals surface area contributed by atoms with Crippen LogP contribution in [0, 0.1) is 6.92 Å². The first-order valence-corrected chi connectivity index (χ1v) is 11.7. The summed E-state index contributed by atoms with van der Waals surface area (Å²) >= 11 is 0. The van der Waals surface area contributed by atoms with E-state index in [-0.39, 0.29) is 0 Å². The Balaban J connectivity index is 1.45. The monoisotopic (exact) mass is 426 g/mol. The van der Waals surface area contributed by atoms with Crippen molar-refractivity contribution in [3.05, 3.63) is 60.0 Å². The molecule has 158 valence electrons. The number of hydrogen-bond acceptors (Lipinski definition) is 6. The molecule has 1 aliphatic rings. The third kappa shape index (κ3) is 4.71. The highest BCUT2D eigenvalue weighted by Crippen LogP contribution is 2.23. The molecule has 0 saturated carbocycles. The molecular weight excluding hydrogens is 400 g/mol. The summed E-state index contributed by atoms with van der Waals surface area (Å²) in [5.74, 6) is 0.972. The van der Waals surface area contributed by atoms with E-state index in [0.29, 0.717) is 41.9 Å². The van der Waals surface area contributed by atoms with Crippen LogP contribution in [-0.4, -0.2) is 36.0 Å². The zero-order chi connectivity index (χ0) is 21.0. The van der Waals surface area contributed by atoms with E-state index in [2.05, 4.69) is 15.5 Å². The first-order valence-electron chi connectivity index (χ1n) is 10.3. The van der Waals surface area contributed by atoms with E-state index in [1.54, 1.807) is 22.5 Å². The van der Waals surface area contributed by atoms with Crippen LogP contribution >= 0.6 is 0 Å². The maximum Gasteiger partial charge on any atom is 0.246 e. The van der Waals surface area contributed by atoms with Crippen LogP contribution in [0.3, 0.4) is 0 Å². The summed E-state index contributed by atoms with van der Waals surface area (Å²) in [6, 6.07) is 14.8.